The summed E-state index contributed by atoms with van der Waals surface area (Å²) in [5.41, 5.74) is 0.840. The molecule has 0 radical (unpaired) electrons. The zero-order valence-electron chi connectivity index (χ0n) is 9.37. The van der Waals surface area contributed by atoms with Crippen molar-refractivity contribution >= 4 is 0 Å². The van der Waals surface area contributed by atoms with Gasteiger partial charge in [-0.25, -0.2) is 0 Å². The summed E-state index contributed by atoms with van der Waals surface area (Å²) in [4.78, 5) is 1.41. The molecule has 0 bridgehead atoms. The predicted molar refractivity (Wildman–Crippen MR) is 60.0 cm³/mol. The Morgan fingerprint density at radius 2 is 2.35 bits per heavy atom. The minimum Gasteiger partial charge on any atom is -0.497 e. The molecule has 0 aliphatic heterocycles. The van der Waals surface area contributed by atoms with Crippen molar-refractivity contribution in [3.63, 3.8) is 0 Å². The van der Waals surface area contributed by atoms with Crippen LogP contribution < -0.4 is 4.74 Å². The number of nitriles is 1. The normalized spacial score (nSPS) is 9.88. The van der Waals surface area contributed by atoms with E-state index in [9.17, 15) is 0 Å². The fourth-order valence-electron chi connectivity index (χ4n) is 1.37. The van der Waals surface area contributed by atoms with E-state index >= 15 is 0 Å². The molecule has 0 amide bonds. The molecule has 1 aromatic heterocycles. The van der Waals surface area contributed by atoms with Gasteiger partial charge in [0.15, 0.2) is 0 Å². The highest BCUT2D eigenvalue weighted by atomic mass is 16.5. The Morgan fingerprint density at radius 3 is 3.12 bits per heavy atom. The maximum absolute atomic E-state index is 8.46. The lowest BCUT2D eigenvalue weighted by molar-refractivity contribution is 0.415. The van der Waals surface area contributed by atoms with E-state index in [0.717, 1.165) is 11.3 Å². The van der Waals surface area contributed by atoms with Gasteiger partial charge in [-0.3, -0.25) is 0 Å². The van der Waals surface area contributed by atoms with Gasteiger partial charge in [0.05, 0.1) is 26.1 Å². The first-order chi connectivity index (χ1) is 8.33. The number of rotatable bonds is 4. The Kier molecular flexibility index (Phi) is 3.31. The van der Waals surface area contributed by atoms with Gasteiger partial charge in [-0.15, -0.1) is 10.2 Å². The third-order valence-electron chi connectivity index (χ3n) is 2.20. The lowest BCUT2D eigenvalue weighted by Gasteiger charge is -1.99. The van der Waals surface area contributed by atoms with Crippen LogP contribution in [0.4, 0.5) is 0 Å². The molecule has 6 heteroatoms. The minimum atomic E-state index is 0.369. The van der Waals surface area contributed by atoms with E-state index in [1.165, 1.54) is 4.80 Å². The summed E-state index contributed by atoms with van der Waals surface area (Å²) < 4.78 is 5.12. The number of benzene rings is 1. The van der Waals surface area contributed by atoms with Crippen molar-refractivity contribution in [3.05, 3.63) is 24.3 Å². The zero-order chi connectivity index (χ0) is 12.1. The molecule has 86 valence electrons. The number of nitrogens with zero attached hydrogens (tertiary/aromatic N) is 5. The van der Waals surface area contributed by atoms with Gasteiger partial charge in [0.1, 0.15) is 5.75 Å². The highest BCUT2D eigenvalue weighted by molar-refractivity contribution is 5.56. The number of aryl methyl sites for hydroxylation is 1. The van der Waals surface area contributed by atoms with E-state index in [1.54, 1.807) is 7.11 Å². The molecule has 2 rings (SSSR count). The first-order valence-corrected chi connectivity index (χ1v) is 5.12. The van der Waals surface area contributed by atoms with Gasteiger partial charge < -0.3 is 4.74 Å². The molecular formula is C11H11N5O. The van der Waals surface area contributed by atoms with E-state index in [-0.39, 0.29) is 0 Å². The lowest BCUT2D eigenvalue weighted by Crippen LogP contribution is -2.01. The van der Waals surface area contributed by atoms with Crippen LogP contribution in [0.3, 0.4) is 0 Å². The summed E-state index contributed by atoms with van der Waals surface area (Å²) in [5, 5.41) is 20.4. The second kappa shape index (κ2) is 5.07. The van der Waals surface area contributed by atoms with Gasteiger partial charge in [0.2, 0.25) is 5.82 Å². The third-order valence-corrected chi connectivity index (χ3v) is 2.20. The second-order valence-corrected chi connectivity index (χ2v) is 3.35. The SMILES string of the molecule is COc1cccc(-c2nnn(CCC#N)n2)c1. The summed E-state index contributed by atoms with van der Waals surface area (Å²) in [7, 11) is 1.61. The van der Waals surface area contributed by atoms with Crippen molar-refractivity contribution in [2.24, 2.45) is 0 Å². The van der Waals surface area contributed by atoms with E-state index in [0.29, 0.717) is 18.8 Å². The van der Waals surface area contributed by atoms with Crippen LogP contribution in [0.15, 0.2) is 24.3 Å². The second-order valence-electron chi connectivity index (χ2n) is 3.35. The van der Waals surface area contributed by atoms with Crippen LogP contribution in [-0.4, -0.2) is 27.3 Å². The molecule has 0 atom stereocenters. The quantitative estimate of drug-likeness (QED) is 0.788. The first kappa shape index (κ1) is 11.1. The molecule has 0 unspecified atom stereocenters. The summed E-state index contributed by atoms with van der Waals surface area (Å²) in [6.07, 6.45) is 0.369. The number of hydrogen-bond acceptors (Lipinski definition) is 5. The van der Waals surface area contributed by atoms with Crippen molar-refractivity contribution in [1.82, 2.24) is 20.2 Å². The van der Waals surface area contributed by atoms with E-state index in [2.05, 4.69) is 15.4 Å². The molecule has 0 N–H and O–H groups in total. The van der Waals surface area contributed by atoms with Crippen molar-refractivity contribution in [2.75, 3.05) is 7.11 Å². The summed E-state index contributed by atoms with van der Waals surface area (Å²) in [6, 6.07) is 9.47. The van der Waals surface area contributed by atoms with Crippen LogP contribution in [0.25, 0.3) is 11.4 Å². The number of hydrogen-bond donors (Lipinski definition) is 0. The average Bonchev–Trinajstić information content (AvgIpc) is 2.85. The Morgan fingerprint density at radius 1 is 1.47 bits per heavy atom. The van der Waals surface area contributed by atoms with Crippen molar-refractivity contribution in [1.29, 1.82) is 5.26 Å². The molecule has 0 fully saturated rings. The summed E-state index contributed by atoms with van der Waals surface area (Å²) in [6.45, 7) is 0.452. The molecule has 0 aliphatic carbocycles. The van der Waals surface area contributed by atoms with Crippen LogP contribution in [-0.2, 0) is 6.54 Å². The maximum Gasteiger partial charge on any atom is 0.205 e. The Balaban J connectivity index is 2.21. The van der Waals surface area contributed by atoms with Gasteiger partial charge in [0.25, 0.3) is 0 Å². The van der Waals surface area contributed by atoms with Gasteiger partial charge in [-0.2, -0.15) is 10.1 Å². The molecule has 6 nitrogen and oxygen atoms in total. The molecule has 0 saturated carbocycles. The first-order valence-electron chi connectivity index (χ1n) is 5.12. The van der Waals surface area contributed by atoms with Crippen LogP contribution >= 0.6 is 0 Å². The Hall–Kier alpha value is -2.42. The highest BCUT2D eigenvalue weighted by Crippen LogP contribution is 2.19. The van der Waals surface area contributed by atoms with Crippen LogP contribution in [0.1, 0.15) is 6.42 Å². The van der Waals surface area contributed by atoms with Crippen molar-refractivity contribution in [2.45, 2.75) is 13.0 Å². The third kappa shape index (κ3) is 2.58. The van der Waals surface area contributed by atoms with Crippen molar-refractivity contribution in [3.8, 4) is 23.2 Å². The molecule has 17 heavy (non-hydrogen) atoms. The standard InChI is InChI=1S/C11H11N5O/c1-17-10-5-2-4-9(8-10)11-13-15-16(14-11)7-3-6-12/h2,4-5,8H,3,7H2,1H3. The fourth-order valence-corrected chi connectivity index (χ4v) is 1.37. The van der Waals surface area contributed by atoms with Crippen molar-refractivity contribution < 1.29 is 4.74 Å². The molecule has 0 spiro atoms. The highest BCUT2D eigenvalue weighted by Gasteiger charge is 2.06. The fraction of sp³-hybridized carbons (Fsp3) is 0.273. The largest absolute Gasteiger partial charge is 0.497 e. The number of aromatic nitrogens is 4. The van der Waals surface area contributed by atoms with Crippen LogP contribution in [0.2, 0.25) is 0 Å². The summed E-state index contributed by atoms with van der Waals surface area (Å²) >= 11 is 0. The van der Waals surface area contributed by atoms with Gasteiger partial charge in [-0.05, 0) is 17.3 Å². The topological polar surface area (TPSA) is 76.6 Å². The molecule has 2 aromatic rings. The average molecular weight is 229 g/mol. The van der Waals surface area contributed by atoms with Gasteiger partial charge in [-0.1, -0.05) is 12.1 Å². The Bertz CT molecular complexity index is 543. The Labute approximate surface area is 98.4 Å². The number of ether oxygens (including phenoxy) is 1. The molecular weight excluding hydrogens is 218 g/mol. The van der Waals surface area contributed by atoms with E-state index < -0.39 is 0 Å². The smallest absolute Gasteiger partial charge is 0.205 e. The van der Waals surface area contributed by atoms with E-state index in [4.69, 9.17) is 10.00 Å². The molecule has 1 aromatic carbocycles. The molecule has 0 saturated heterocycles. The maximum atomic E-state index is 8.46. The number of methoxy groups -OCH3 is 1. The summed E-state index contributed by atoms with van der Waals surface area (Å²) in [5.74, 6) is 1.28. The van der Waals surface area contributed by atoms with Crippen LogP contribution in [0, 0.1) is 11.3 Å². The van der Waals surface area contributed by atoms with Gasteiger partial charge >= 0.3 is 0 Å². The zero-order valence-corrected chi connectivity index (χ0v) is 9.37. The van der Waals surface area contributed by atoms with E-state index in [1.807, 2.05) is 30.3 Å². The number of tetrazole rings is 1. The van der Waals surface area contributed by atoms with Gasteiger partial charge in [0, 0.05) is 5.56 Å². The predicted octanol–water partition coefficient (Wildman–Crippen LogP) is 1.26. The monoisotopic (exact) mass is 229 g/mol. The minimum absolute atomic E-state index is 0.369. The molecule has 0 aliphatic rings. The van der Waals surface area contributed by atoms with Crippen LogP contribution in [0.5, 0.6) is 5.75 Å². The molecule has 1 heterocycles. The lowest BCUT2D eigenvalue weighted by atomic mass is 10.2.